The van der Waals surface area contributed by atoms with Crippen LogP contribution in [0.15, 0.2) is 42.7 Å². The summed E-state index contributed by atoms with van der Waals surface area (Å²) in [5.41, 5.74) is 6.99. The van der Waals surface area contributed by atoms with E-state index >= 15 is 0 Å². The van der Waals surface area contributed by atoms with Crippen LogP contribution in [0.4, 0.5) is 24.7 Å². The normalized spacial score (nSPS) is 11.9. The van der Waals surface area contributed by atoms with Gasteiger partial charge in [-0.25, -0.2) is 14.5 Å². The maximum atomic E-state index is 13.2. The summed E-state index contributed by atoms with van der Waals surface area (Å²) < 4.78 is 41.0. The lowest BCUT2D eigenvalue weighted by Gasteiger charge is -2.12. The standard InChI is InChI=1S/C18H15F3N6S/c1-26(2)12-5-3-4-10(6-12)16-25-27-14(9-24-17(27)28-16)11-7-13(18(19,20)21)15(22)23-8-11/h3-9H,1-2H3,(H2,22,23). The number of pyridine rings is 1. The van der Waals surface area contributed by atoms with Crippen LogP contribution in [0.1, 0.15) is 5.56 Å². The molecule has 144 valence electrons. The van der Waals surface area contributed by atoms with Gasteiger partial charge < -0.3 is 10.6 Å². The van der Waals surface area contributed by atoms with Crippen molar-refractivity contribution in [3.05, 3.63) is 48.3 Å². The molecular formula is C18H15F3N6S. The van der Waals surface area contributed by atoms with Gasteiger partial charge in [0.05, 0.1) is 17.5 Å². The van der Waals surface area contributed by atoms with Gasteiger partial charge in [0, 0.05) is 37.1 Å². The van der Waals surface area contributed by atoms with Crippen LogP contribution in [0.3, 0.4) is 0 Å². The van der Waals surface area contributed by atoms with Gasteiger partial charge in [-0.15, -0.1) is 0 Å². The zero-order valence-electron chi connectivity index (χ0n) is 14.9. The summed E-state index contributed by atoms with van der Waals surface area (Å²) >= 11 is 1.35. The molecule has 0 amide bonds. The number of alkyl halides is 3. The van der Waals surface area contributed by atoms with Crippen LogP contribution in [-0.4, -0.2) is 33.7 Å². The van der Waals surface area contributed by atoms with Gasteiger partial charge in [0.15, 0.2) is 0 Å². The predicted molar refractivity (Wildman–Crippen MR) is 103 cm³/mol. The van der Waals surface area contributed by atoms with E-state index in [1.54, 1.807) is 0 Å². The Balaban J connectivity index is 1.80. The fourth-order valence-corrected chi connectivity index (χ4v) is 3.64. The van der Waals surface area contributed by atoms with Gasteiger partial charge in [0.1, 0.15) is 10.8 Å². The summed E-state index contributed by atoms with van der Waals surface area (Å²) in [5.74, 6) is -0.559. The zero-order chi connectivity index (χ0) is 20.1. The molecule has 2 N–H and O–H groups in total. The number of benzene rings is 1. The van der Waals surface area contributed by atoms with Gasteiger partial charge in [-0.2, -0.15) is 18.3 Å². The molecule has 0 radical (unpaired) electrons. The molecule has 3 heterocycles. The summed E-state index contributed by atoms with van der Waals surface area (Å²) in [4.78, 5) is 10.5. The van der Waals surface area contributed by atoms with E-state index in [1.807, 2.05) is 43.3 Å². The molecule has 0 aliphatic heterocycles. The summed E-state index contributed by atoms with van der Waals surface area (Å²) in [6.07, 6.45) is -1.82. The van der Waals surface area contributed by atoms with Crippen molar-refractivity contribution in [3.63, 3.8) is 0 Å². The van der Waals surface area contributed by atoms with Crippen molar-refractivity contribution in [3.8, 4) is 21.8 Å². The molecule has 28 heavy (non-hydrogen) atoms. The van der Waals surface area contributed by atoms with E-state index in [1.165, 1.54) is 28.2 Å². The Morgan fingerprint density at radius 2 is 1.86 bits per heavy atom. The van der Waals surface area contributed by atoms with Gasteiger partial charge >= 0.3 is 6.18 Å². The van der Waals surface area contributed by atoms with Crippen molar-refractivity contribution in [1.29, 1.82) is 0 Å². The Bertz CT molecular complexity index is 1160. The highest BCUT2D eigenvalue weighted by molar-refractivity contribution is 7.19. The number of anilines is 2. The van der Waals surface area contributed by atoms with E-state index in [9.17, 15) is 13.2 Å². The van der Waals surface area contributed by atoms with Gasteiger partial charge in [-0.05, 0) is 18.2 Å². The van der Waals surface area contributed by atoms with Gasteiger partial charge in [-0.1, -0.05) is 23.5 Å². The van der Waals surface area contributed by atoms with E-state index < -0.39 is 17.6 Å². The first-order chi connectivity index (χ1) is 13.2. The average Bonchev–Trinajstić information content (AvgIpc) is 3.22. The van der Waals surface area contributed by atoms with Crippen molar-refractivity contribution >= 4 is 27.8 Å². The molecule has 0 aliphatic carbocycles. The van der Waals surface area contributed by atoms with Crippen LogP contribution in [0.25, 0.3) is 26.8 Å². The third-order valence-electron chi connectivity index (χ3n) is 4.21. The minimum absolute atomic E-state index is 0.243. The molecule has 4 aromatic rings. The van der Waals surface area contributed by atoms with E-state index in [0.717, 1.165) is 17.3 Å². The lowest BCUT2D eigenvalue weighted by molar-refractivity contribution is -0.137. The van der Waals surface area contributed by atoms with Crippen molar-refractivity contribution in [2.24, 2.45) is 0 Å². The quantitative estimate of drug-likeness (QED) is 0.554. The average molecular weight is 404 g/mol. The molecule has 0 atom stereocenters. The van der Waals surface area contributed by atoms with E-state index in [4.69, 9.17) is 5.73 Å². The third-order valence-corrected chi connectivity index (χ3v) is 5.19. The minimum atomic E-state index is -4.59. The zero-order valence-corrected chi connectivity index (χ0v) is 15.7. The molecule has 6 nitrogen and oxygen atoms in total. The first-order valence-electron chi connectivity index (χ1n) is 8.19. The van der Waals surface area contributed by atoms with Gasteiger partial charge in [0.2, 0.25) is 4.96 Å². The van der Waals surface area contributed by atoms with Gasteiger partial charge in [-0.3, -0.25) is 0 Å². The second kappa shape index (κ2) is 6.48. The fourth-order valence-electron chi connectivity index (χ4n) is 2.77. The number of hydrogen-bond acceptors (Lipinski definition) is 6. The summed E-state index contributed by atoms with van der Waals surface area (Å²) in [7, 11) is 3.89. The number of rotatable bonds is 3. The Kier molecular flexibility index (Phi) is 4.22. The minimum Gasteiger partial charge on any atom is -0.383 e. The summed E-state index contributed by atoms with van der Waals surface area (Å²) in [6, 6.07) is 8.79. The first-order valence-corrected chi connectivity index (χ1v) is 9.01. The molecule has 3 aromatic heterocycles. The Morgan fingerprint density at radius 3 is 2.57 bits per heavy atom. The first kappa shape index (κ1) is 18.2. The van der Waals surface area contributed by atoms with Crippen LogP contribution in [0.2, 0.25) is 0 Å². The highest BCUT2D eigenvalue weighted by atomic mass is 32.1. The monoisotopic (exact) mass is 404 g/mol. The third kappa shape index (κ3) is 3.15. The fraction of sp³-hybridized carbons (Fsp3) is 0.167. The highest BCUT2D eigenvalue weighted by Crippen LogP contribution is 2.36. The maximum Gasteiger partial charge on any atom is 0.419 e. The Labute approximate surface area is 162 Å². The van der Waals surface area contributed by atoms with E-state index in [2.05, 4.69) is 15.1 Å². The number of imidazole rings is 1. The summed E-state index contributed by atoms with van der Waals surface area (Å²) in [5, 5.41) is 5.26. The van der Waals surface area contributed by atoms with Crippen molar-refractivity contribution in [2.45, 2.75) is 6.18 Å². The molecule has 0 saturated heterocycles. The molecule has 0 aliphatic rings. The van der Waals surface area contributed by atoms with Crippen LogP contribution in [-0.2, 0) is 6.18 Å². The largest absolute Gasteiger partial charge is 0.419 e. The molecule has 0 bridgehead atoms. The highest BCUT2D eigenvalue weighted by Gasteiger charge is 2.34. The molecule has 0 unspecified atom stereocenters. The molecule has 0 fully saturated rings. The van der Waals surface area contributed by atoms with Crippen LogP contribution in [0, 0.1) is 0 Å². The predicted octanol–water partition coefficient (Wildman–Crippen LogP) is 4.19. The van der Waals surface area contributed by atoms with Crippen LogP contribution in [0.5, 0.6) is 0 Å². The lowest BCUT2D eigenvalue weighted by Crippen LogP contribution is -2.10. The van der Waals surface area contributed by atoms with Gasteiger partial charge in [0.25, 0.3) is 0 Å². The van der Waals surface area contributed by atoms with Crippen molar-refractivity contribution in [1.82, 2.24) is 19.6 Å². The molecule has 1 aromatic carbocycles. The van der Waals surface area contributed by atoms with Crippen molar-refractivity contribution < 1.29 is 13.2 Å². The van der Waals surface area contributed by atoms with E-state index in [0.29, 0.717) is 15.7 Å². The van der Waals surface area contributed by atoms with E-state index in [-0.39, 0.29) is 5.56 Å². The molecule has 0 saturated carbocycles. The Morgan fingerprint density at radius 1 is 1.07 bits per heavy atom. The number of hydrogen-bond donors (Lipinski definition) is 1. The number of nitrogens with two attached hydrogens (primary N) is 1. The lowest BCUT2D eigenvalue weighted by atomic mass is 10.1. The molecule has 4 rings (SSSR count). The SMILES string of the molecule is CN(C)c1cccc(-c2nn3c(-c4cnc(N)c(C(F)(F)F)c4)cnc3s2)c1. The number of aromatic nitrogens is 4. The van der Waals surface area contributed by atoms with Crippen LogP contribution < -0.4 is 10.6 Å². The number of fused-ring (bicyclic) bond motifs is 1. The maximum absolute atomic E-state index is 13.2. The number of nitrogens with zero attached hydrogens (tertiary/aromatic N) is 5. The molecule has 10 heteroatoms. The molecular weight excluding hydrogens is 389 g/mol. The van der Waals surface area contributed by atoms with Crippen molar-refractivity contribution in [2.75, 3.05) is 24.7 Å². The number of halogens is 3. The topological polar surface area (TPSA) is 72.3 Å². The smallest absolute Gasteiger partial charge is 0.383 e. The summed E-state index contributed by atoms with van der Waals surface area (Å²) in [6.45, 7) is 0. The molecule has 0 spiro atoms. The second-order valence-electron chi connectivity index (χ2n) is 6.34. The Hall–Kier alpha value is -3.14. The second-order valence-corrected chi connectivity index (χ2v) is 7.30. The number of nitrogen functional groups attached to an aromatic ring is 1. The van der Waals surface area contributed by atoms with Crippen LogP contribution >= 0.6 is 11.3 Å².